The third-order valence-electron chi connectivity index (χ3n) is 4.69. The van der Waals surface area contributed by atoms with Gasteiger partial charge in [0.2, 0.25) is 11.8 Å². The van der Waals surface area contributed by atoms with E-state index in [4.69, 9.17) is 9.47 Å². The zero-order chi connectivity index (χ0) is 19.1. The van der Waals surface area contributed by atoms with Crippen LogP contribution in [0.4, 0.5) is 0 Å². The number of para-hydroxylation sites is 2. The number of nitrogens with zero attached hydrogens (tertiary/aromatic N) is 1. The van der Waals surface area contributed by atoms with Gasteiger partial charge in [0, 0.05) is 19.0 Å². The molecule has 1 fully saturated rings. The summed E-state index contributed by atoms with van der Waals surface area (Å²) in [5, 5.41) is 2.94. The lowest BCUT2D eigenvalue weighted by atomic mass is 9.88. The second-order valence-corrected chi connectivity index (χ2v) is 7.12. The highest BCUT2D eigenvalue weighted by atomic mass is 16.5. The fourth-order valence-corrected chi connectivity index (χ4v) is 3.32. The van der Waals surface area contributed by atoms with Crippen LogP contribution in [0.5, 0.6) is 11.5 Å². The van der Waals surface area contributed by atoms with E-state index in [2.05, 4.69) is 19.2 Å². The Morgan fingerprint density at radius 2 is 2.00 bits per heavy atom. The Hall–Kier alpha value is -2.24. The van der Waals surface area contributed by atoms with Gasteiger partial charge in [0.25, 0.3) is 0 Å². The van der Waals surface area contributed by atoms with Gasteiger partial charge in [0.05, 0.1) is 19.6 Å². The average molecular weight is 362 g/mol. The maximum atomic E-state index is 12.6. The van der Waals surface area contributed by atoms with Crippen LogP contribution in [0.2, 0.25) is 0 Å². The van der Waals surface area contributed by atoms with Crippen LogP contribution in [0, 0.1) is 11.8 Å². The number of piperidine rings is 1. The molecule has 0 saturated carbocycles. The molecule has 0 bridgehead atoms. The molecule has 0 aromatic heterocycles. The molecule has 144 valence electrons. The highest BCUT2D eigenvalue weighted by Crippen LogP contribution is 2.26. The SMILES string of the molecule is COc1ccccc1OCCNC(=O)C1CCC(=O)N(CC(C)C)C1C. The molecule has 1 aliphatic rings. The van der Waals surface area contributed by atoms with Crippen LogP contribution in [0.3, 0.4) is 0 Å². The largest absolute Gasteiger partial charge is 0.493 e. The van der Waals surface area contributed by atoms with E-state index in [0.29, 0.717) is 50.0 Å². The van der Waals surface area contributed by atoms with Crippen LogP contribution in [-0.2, 0) is 9.59 Å². The molecule has 1 aromatic carbocycles. The minimum Gasteiger partial charge on any atom is -0.493 e. The third-order valence-corrected chi connectivity index (χ3v) is 4.69. The molecule has 2 unspecified atom stereocenters. The number of rotatable bonds is 8. The summed E-state index contributed by atoms with van der Waals surface area (Å²) in [7, 11) is 1.60. The number of amides is 2. The Morgan fingerprint density at radius 1 is 1.31 bits per heavy atom. The zero-order valence-electron chi connectivity index (χ0n) is 16.2. The quantitative estimate of drug-likeness (QED) is 0.722. The Bertz CT molecular complexity index is 618. The highest BCUT2D eigenvalue weighted by molar-refractivity contribution is 5.84. The van der Waals surface area contributed by atoms with E-state index < -0.39 is 0 Å². The van der Waals surface area contributed by atoms with E-state index in [-0.39, 0.29) is 23.8 Å². The van der Waals surface area contributed by atoms with Crippen LogP contribution < -0.4 is 14.8 Å². The maximum Gasteiger partial charge on any atom is 0.225 e. The van der Waals surface area contributed by atoms with Crippen LogP contribution in [-0.4, -0.2) is 49.6 Å². The molecule has 0 aliphatic carbocycles. The molecule has 0 spiro atoms. The predicted octanol–water partition coefficient (Wildman–Crippen LogP) is 2.47. The van der Waals surface area contributed by atoms with Gasteiger partial charge in [-0.2, -0.15) is 0 Å². The summed E-state index contributed by atoms with van der Waals surface area (Å²) in [6.07, 6.45) is 1.04. The van der Waals surface area contributed by atoms with Crippen molar-refractivity contribution in [3.8, 4) is 11.5 Å². The Kier molecular flexibility index (Phi) is 7.30. The van der Waals surface area contributed by atoms with Gasteiger partial charge in [-0.05, 0) is 31.4 Å². The summed E-state index contributed by atoms with van der Waals surface area (Å²) in [5.74, 6) is 1.68. The fraction of sp³-hybridized carbons (Fsp3) is 0.600. The second kappa shape index (κ2) is 9.46. The topological polar surface area (TPSA) is 67.9 Å². The molecule has 6 nitrogen and oxygen atoms in total. The number of likely N-dealkylation sites (tertiary alicyclic amines) is 1. The lowest BCUT2D eigenvalue weighted by Crippen LogP contribution is -2.53. The van der Waals surface area contributed by atoms with Gasteiger partial charge >= 0.3 is 0 Å². The molecule has 2 rings (SSSR count). The van der Waals surface area contributed by atoms with Crippen molar-refractivity contribution in [3.05, 3.63) is 24.3 Å². The second-order valence-electron chi connectivity index (χ2n) is 7.12. The molecule has 0 radical (unpaired) electrons. The van der Waals surface area contributed by atoms with Crippen molar-refractivity contribution in [3.63, 3.8) is 0 Å². The minimum atomic E-state index is -0.169. The van der Waals surface area contributed by atoms with E-state index >= 15 is 0 Å². The Balaban J connectivity index is 1.82. The first-order valence-electron chi connectivity index (χ1n) is 9.27. The summed E-state index contributed by atoms with van der Waals surface area (Å²) in [5.41, 5.74) is 0. The number of carbonyl (C=O) groups excluding carboxylic acids is 2. The summed E-state index contributed by atoms with van der Waals surface area (Å²) in [6.45, 7) is 7.60. The van der Waals surface area contributed by atoms with Crippen LogP contribution in [0.15, 0.2) is 24.3 Å². The first-order chi connectivity index (χ1) is 12.4. The monoisotopic (exact) mass is 362 g/mol. The molecule has 2 atom stereocenters. The molecule has 2 amide bonds. The van der Waals surface area contributed by atoms with Gasteiger partial charge in [0.1, 0.15) is 6.61 Å². The first kappa shape index (κ1) is 20.1. The first-order valence-corrected chi connectivity index (χ1v) is 9.27. The third kappa shape index (κ3) is 5.13. The van der Waals surface area contributed by atoms with Crippen LogP contribution in [0.1, 0.15) is 33.6 Å². The standard InChI is InChI=1S/C20H30N2O4/c1-14(2)13-22-15(3)16(9-10-19(22)23)20(24)21-11-12-26-18-8-6-5-7-17(18)25-4/h5-8,14-16H,9-13H2,1-4H3,(H,21,24). The van der Waals surface area contributed by atoms with E-state index in [1.807, 2.05) is 36.1 Å². The molecule has 1 aliphatic heterocycles. The van der Waals surface area contributed by atoms with Crippen molar-refractivity contribution in [2.24, 2.45) is 11.8 Å². The van der Waals surface area contributed by atoms with Crippen molar-refractivity contribution in [2.45, 2.75) is 39.7 Å². The predicted molar refractivity (Wildman–Crippen MR) is 100 cm³/mol. The van der Waals surface area contributed by atoms with E-state index in [1.165, 1.54) is 0 Å². The smallest absolute Gasteiger partial charge is 0.225 e. The number of nitrogens with one attached hydrogen (secondary N) is 1. The number of carbonyl (C=O) groups is 2. The van der Waals surface area contributed by atoms with Gasteiger partial charge in [-0.25, -0.2) is 0 Å². The minimum absolute atomic E-state index is 0.0117. The van der Waals surface area contributed by atoms with Gasteiger partial charge in [0.15, 0.2) is 11.5 Å². The molecule has 1 aromatic rings. The van der Waals surface area contributed by atoms with E-state index in [9.17, 15) is 9.59 Å². The van der Waals surface area contributed by atoms with E-state index in [0.717, 1.165) is 0 Å². The maximum absolute atomic E-state index is 12.6. The summed E-state index contributed by atoms with van der Waals surface area (Å²) in [6, 6.07) is 7.34. The lowest BCUT2D eigenvalue weighted by molar-refractivity contribution is -0.143. The number of hydrogen-bond acceptors (Lipinski definition) is 4. The summed E-state index contributed by atoms with van der Waals surface area (Å²) in [4.78, 5) is 26.6. The summed E-state index contributed by atoms with van der Waals surface area (Å²) < 4.78 is 10.9. The van der Waals surface area contributed by atoms with Gasteiger partial charge in [-0.15, -0.1) is 0 Å². The highest BCUT2D eigenvalue weighted by Gasteiger charge is 2.36. The number of benzene rings is 1. The number of ether oxygens (including phenoxy) is 2. The Morgan fingerprint density at radius 3 is 2.65 bits per heavy atom. The van der Waals surface area contributed by atoms with Gasteiger partial charge in [-0.1, -0.05) is 26.0 Å². The fourth-order valence-electron chi connectivity index (χ4n) is 3.32. The number of methoxy groups -OCH3 is 1. The van der Waals surface area contributed by atoms with Crippen molar-refractivity contribution < 1.29 is 19.1 Å². The lowest BCUT2D eigenvalue weighted by Gasteiger charge is -2.39. The van der Waals surface area contributed by atoms with Crippen molar-refractivity contribution in [1.82, 2.24) is 10.2 Å². The van der Waals surface area contributed by atoms with E-state index in [1.54, 1.807) is 7.11 Å². The molecule has 1 heterocycles. The van der Waals surface area contributed by atoms with Gasteiger partial charge in [-0.3, -0.25) is 9.59 Å². The van der Waals surface area contributed by atoms with Crippen molar-refractivity contribution in [2.75, 3.05) is 26.8 Å². The molecule has 26 heavy (non-hydrogen) atoms. The Labute approximate surface area is 155 Å². The average Bonchev–Trinajstić information content (AvgIpc) is 2.62. The molecular weight excluding hydrogens is 332 g/mol. The van der Waals surface area contributed by atoms with Crippen LogP contribution >= 0.6 is 0 Å². The molecule has 6 heteroatoms. The molecular formula is C20H30N2O4. The van der Waals surface area contributed by atoms with Gasteiger partial charge < -0.3 is 19.7 Å². The van der Waals surface area contributed by atoms with Crippen molar-refractivity contribution in [1.29, 1.82) is 0 Å². The summed E-state index contributed by atoms with van der Waals surface area (Å²) >= 11 is 0. The molecule has 1 N–H and O–H groups in total. The molecule has 1 saturated heterocycles. The zero-order valence-corrected chi connectivity index (χ0v) is 16.2. The van der Waals surface area contributed by atoms with Crippen LogP contribution in [0.25, 0.3) is 0 Å². The van der Waals surface area contributed by atoms with Crippen molar-refractivity contribution >= 4 is 11.8 Å². The number of hydrogen-bond donors (Lipinski definition) is 1. The normalized spacial score (nSPS) is 20.2.